The number of morpholine rings is 1. The standard InChI is InChI=1S/C22H18F4N2O2/c1-13-19(21(29)22(24,25)26)20(14-2-4-15(23)5-3-14)17-12-16(6-7-18(17)27-13)28-8-10-30-11-9-28/h2-7,12H,8-11H2,1H3. The van der Waals surface area contributed by atoms with Gasteiger partial charge < -0.3 is 9.64 Å². The largest absolute Gasteiger partial charge is 0.454 e. The number of nitrogens with zero attached hydrogens (tertiary/aromatic N) is 2. The molecule has 8 heteroatoms. The highest BCUT2D eigenvalue weighted by Crippen LogP contribution is 2.38. The van der Waals surface area contributed by atoms with Crippen LogP contribution >= 0.6 is 0 Å². The predicted molar refractivity (Wildman–Crippen MR) is 105 cm³/mol. The number of pyridine rings is 1. The fourth-order valence-electron chi connectivity index (χ4n) is 3.73. The zero-order chi connectivity index (χ0) is 21.5. The van der Waals surface area contributed by atoms with E-state index in [1.807, 2.05) is 6.07 Å². The van der Waals surface area contributed by atoms with Gasteiger partial charge in [-0.05, 0) is 42.8 Å². The van der Waals surface area contributed by atoms with E-state index in [9.17, 15) is 22.4 Å². The van der Waals surface area contributed by atoms with Gasteiger partial charge in [0.25, 0.3) is 5.78 Å². The number of fused-ring (bicyclic) bond motifs is 1. The van der Waals surface area contributed by atoms with Crippen LogP contribution in [-0.2, 0) is 4.74 Å². The van der Waals surface area contributed by atoms with Crippen LogP contribution in [0.15, 0.2) is 42.5 Å². The van der Waals surface area contributed by atoms with E-state index < -0.39 is 23.3 Å². The van der Waals surface area contributed by atoms with E-state index in [0.29, 0.717) is 42.8 Å². The number of ether oxygens (including phenoxy) is 1. The molecule has 0 spiro atoms. The van der Waals surface area contributed by atoms with Gasteiger partial charge in [0.2, 0.25) is 0 Å². The van der Waals surface area contributed by atoms with Crippen LogP contribution in [0.4, 0.5) is 23.2 Å². The summed E-state index contributed by atoms with van der Waals surface area (Å²) in [6, 6.07) is 10.4. The molecule has 1 fully saturated rings. The molecular weight excluding hydrogens is 400 g/mol. The van der Waals surface area contributed by atoms with Crippen molar-refractivity contribution in [2.45, 2.75) is 13.1 Å². The Balaban J connectivity index is 2.01. The van der Waals surface area contributed by atoms with Crippen molar-refractivity contribution in [1.82, 2.24) is 4.98 Å². The van der Waals surface area contributed by atoms with Gasteiger partial charge in [-0.15, -0.1) is 0 Å². The molecule has 4 nitrogen and oxygen atoms in total. The molecule has 4 rings (SSSR count). The van der Waals surface area contributed by atoms with E-state index in [4.69, 9.17) is 4.74 Å². The summed E-state index contributed by atoms with van der Waals surface area (Å²) < 4.78 is 59.0. The molecular formula is C22H18F4N2O2. The van der Waals surface area contributed by atoms with Crippen molar-refractivity contribution >= 4 is 22.4 Å². The minimum absolute atomic E-state index is 0.0247. The van der Waals surface area contributed by atoms with Gasteiger partial charge in [-0.25, -0.2) is 4.39 Å². The molecule has 156 valence electrons. The molecule has 0 atom stereocenters. The van der Waals surface area contributed by atoms with E-state index >= 15 is 0 Å². The maximum atomic E-state index is 13.5. The van der Waals surface area contributed by atoms with Crippen LogP contribution in [0, 0.1) is 12.7 Å². The normalized spacial score (nSPS) is 14.9. The van der Waals surface area contributed by atoms with E-state index in [1.165, 1.54) is 19.1 Å². The van der Waals surface area contributed by atoms with Crippen molar-refractivity contribution in [1.29, 1.82) is 0 Å². The molecule has 0 radical (unpaired) electrons. The van der Waals surface area contributed by atoms with Gasteiger partial charge in [-0.3, -0.25) is 9.78 Å². The van der Waals surface area contributed by atoms with Crippen LogP contribution in [0.2, 0.25) is 0 Å². The summed E-state index contributed by atoms with van der Waals surface area (Å²) in [7, 11) is 0. The molecule has 0 aliphatic carbocycles. The number of hydrogen-bond donors (Lipinski definition) is 0. The van der Waals surface area contributed by atoms with E-state index in [1.54, 1.807) is 12.1 Å². The smallest absolute Gasteiger partial charge is 0.378 e. The zero-order valence-electron chi connectivity index (χ0n) is 16.1. The van der Waals surface area contributed by atoms with Crippen LogP contribution in [0.25, 0.3) is 22.0 Å². The van der Waals surface area contributed by atoms with Crippen LogP contribution in [0.3, 0.4) is 0 Å². The van der Waals surface area contributed by atoms with Crippen molar-refractivity contribution in [3.05, 3.63) is 59.5 Å². The summed E-state index contributed by atoms with van der Waals surface area (Å²) in [5.41, 5.74) is 1.14. The van der Waals surface area contributed by atoms with Crippen molar-refractivity contribution in [2.75, 3.05) is 31.2 Å². The Morgan fingerprint density at radius 2 is 1.73 bits per heavy atom. The number of hydrogen-bond acceptors (Lipinski definition) is 4. The van der Waals surface area contributed by atoms with Gasteiger partial charge in [0.05, 0.1) is 24.3 Å². The van der Waals surface area contributed by atoms with Crippen molar-refractivity contribution in [2.24, 2.45) is 0 Å². The third kappa shape index (κ3) is 3.75. The molecule has 1 aliphatic rings. The number of alkyl halides is 3. The van der Waals surface area contributed by atoms with Crippen LogP contribution < -0.4 is 4.90 Å². The van der Waals surface area contributed by atoms with Crippen LogP contribution in [0.5, 0.6) is 0 Å². The minimum atomic E-state index is -5.06. The molecule has 2 aromatic carbocycles. The fraction of sp³-hybridized carbons (Fsp3) is 0.273. The molecule has 0 unspecified atom stereocenters. The highest BCUT2D eigenvalue weighted by atomic mass is 19.4. The second-order valence-electron chi connectivity index (χ2n) is 7.08. The molecule has 1 saturated heterocycles. The maximum absolute atomic E-state index is 13.5. The SMILES string of the molecule is Cc1nc2ccc(N3CCOCC3)cc2c(-c2ccc(F)cc2)c1C(=O)C(F)(F)F. The number of carbonyl (C=O) groups excluding carboxylic acids is 1. The molecule has 0 bridgehead atoms. The number of carbonyl (C=O) groups is 1. The second-order valence-corrected chi connectivity index (χ2v) is 7.08. The van der Waals surface area contributed by atoms with Crippen LogP contribution in [-0.4, -0.2) is 43.2 Å². The molecule has 3 aromatic rings. The van der Waals surface area contributed by atoms with Gasteiger partial charge >= 0.3 is 6.18 Å². The third-order valence-corrected chi connectivity index (χ3v) is 5.14. The molecule has 1 aromatic heterocycles. The van der Waals surface area contributed by atoms with Crippen molar-refractivity contribution in [3.63, 3.8) is 0 Å². The number of ketones is 1. The maximum Gasteiger partial charge on any atom is 0.454 e. The highest BCUT2D eigenvalue weighted by molar-refractivity contribution is 6.13. The number of rotatable bonds is 3. The lowest BCUT2D eigenvalue weighted by molar-refractivity contribution is -0.0885. The second kappa shape index (κ2) is 7.68. The predicted octanol–water partition coefficient (Wildman–Crippen LogP) is 4.93. The average molecular weight is 418 g/mol. The topological polar surface area (TPSA) is 42.4 Å². The number of aromatic nitrogens is 1. The first-order valence-electron chi connectivity index (χ1n) is 9.40. The van der Waals surface area contributed by atoms with Crippen molar-refractivity contribution < 1.29 is 27.1 Å². The van der Waals surface area contributed by atoms with E-state index in [-0.39, 0.29) is 11.3 Å². The Morgan fingerprint density at radius 1 is 1.07 bits per heavy atom. The number of benzene rings is 2. The quantitative estimate of drug-likeness (QED) is 0.447. The summed E-state index contributed by atoms with van der Waals surface area (Å²) in [6.07, 6.45) is -5.06. The summed E-state index contributed by atoms with van der Waals surface area (Å²) >= 11 is 0. The molecule has 0 saturated carbocycles. The summed E-state index contributed by atoms with van der Waals surface area (Å²) in [4.78, 5) is 18.6. The molecule has 1 aliphatic heterocycles. The Kier molecular flexibility index (Phi) is 5.19. The van der Waals surface area contributed by atoms with Gasteiger partial charge in [0.15, 0.2) is 0 Å². The molecule has 2 heterocycles. The van der Waals surface area contributed by atoms with E-state index in [2.05, 4.69) is 9.88 Å². The van der Waals surface area contributed by atoms with Gasteiger partial charge in [-0.1, -0.05) is 12.1 Å². The number of anilines is 1. The first kappa shape index (κ1) is 20.3. The lowest BCUT2D eigenvalue weighted by Crippen LogP contribution is -2.36. The van der Waals surface area contributed by atoms with Gasteiger partial charge in [-0.2, -0.15) is 13.2 Å². The Morgan fingerprint density at radius 3 is 2.37 bits per heavy atom. The number of Topliss-reactive ketones (excluding diaryl/α,β-unsaturated/α-hetero) is 1. The van der Waals surface area contributed by atoms with Crippen LogP contribution in [0.1, 0.15) is 16.1 Å². The van der Waals surface area contributed by atoms with Gasteiger partial charge in [0, 0.05) is 35.4 Å². The highest BCUT2D eigenvalue weighted by Gasteiger charge is 2.42. The van der Waals surface area contributed by atoms with Crippen molar-refractivity contribution in [3.8, 4) is 11.1 Å². The van der Waals surface area contributed by atoms with E-state index in [0.717, 1.165) is 17.8 Å². The third-order valence-electron chi connectivity index (χ3n) is 5.14. The molecule has 0 N–H and O–H groups in total. The zero-order valence-corrected chi connectivity index (χ0v) is 16.1. The van der Waals surface area contributed by atoms with Gasteiger partial charge in [0.1, 0.15) is 5.82 Å². The average Bonchev–Trinajstić information content (AvgIpc) is 2.73. The minimum Gasteiger partial charge on any atom is -0.378 e. The number of halogens is 4. The molecule has 30 heavy (non-hydrogen) atoms. The summed E-state index contributed by atoms with van der Waals surface area (Å²) in [6.45, 7) is 3.76. The molecule has 0 amide bonds. The Bertz CT molecular complexity index is 1100. The first-order chi connectivity index (χ1) is 14.3. The summed E-state index contributed by atoms with van der Waals surface area (Å²) in [5.74, 6) is -2.49. The lowest BCUT2D eigenvalue weighted by Gasteiger charge is -2.29. The fourth-order valence-corrected chi connectivity index (χ4v) is 3.73. The summed E-state index contributed by atoms with van der Waals surface area (Å²) in [5, 5.41) is 0.406. The first-order valence-corrected chi connectivity index (χ1v) is 9.40. The Labute approximate surface area is 170 Å². The number of aryl methyl sites for hydroxylation is 1. The monoisotopic (exact) mass is 418 g/mol. The Hall–Kier alpha value is -3.00. The lowest BCUT2D eigenvalue weighted by atomic mass is 9.91.